The third-order valence-electron chi connectivity index (χ3n) is 3.84. The fourth-order valence-corrected chi connectivity index (χ4v) is 3.03. The standard InChI is InChI=1S/C15H19ClO2/c16-14(5-4-13-2-1-8-17-13)11-3-6-15-12(10-11)7-9-18-15/h3,6,10,13-14H,1-2,4-5,7-9H2. The summed E-state index contributed by atoms with van der Waals surface area (Å²) in [6, 6.07) is 6.35. The molecular weight excluding hydrogens is 248 g/mol. The highest BCUT2D eigenvalue weighted by atomic mass is 35.5. The molecule has 1 aromatic rings. The van der Waals surface area contributed by atoms with Gasteiger partial charge in [0.2, 0.25) is 0 Å². The lowest BCUT2D eigenvalue weighted by Crippen LogP contribution is -2.06. The number of hydrogen-bond acceptors (Lipinski definition) is 2. The molecule has 0 amide bonds. The lowest BCUT2D eigenvalue weighted by molar-refractivity contribution is 0.102. The first-order valence-electron chi connectivity index (χ1n) is 6.84. The lowest BCUT2D eigenvalue weighted by atomic mass is 10.0. The van der Waals surface area contributed by atoms with Crippen LogP contribution in [0.1, 0.15) is 42.2 Å². The maximum absolute atomic E-state index is 6.49. The summed E-state index contributed by atoms with van der Waals surface area (Å²) in [6.07, 6.45) is 5.91. The van der Waals surface area contributed by atoms with Gasteiger partial charge in [0.15, 0.2) is 0 Å². The molecule has 0 aromatic heterocycles. The van der Waals surface area contributed by atoms with Gasteiger partial charge in [-0.05, 0) is 42.9 Å². The molecule has 2 nitrogen and oxygen atoms in total. The van der Waals surface area contributed by atoms with E-state index in [1.165, 1.54) is 24.0 Å². The van der Waals surface area contributed by atoms with Crippen LogP contribution in [0, 0.1) is 0 Å². The van der Waals surface area contributed by atoms with Crippen LogP contribution in [-0.4, -0.2) is 19.3 Å². The van der Waals surface area contributed by atoms with Crippen molar-refractivity contribution in [2.75, 3.05) is 13.2 Å². The molecule has 2 atom stereocenters. The Kier molecular flexibility index (Phi) is 3.76. The highest BCUT2D eigenvalue weighted by molar-refractivity contribution is 6.20. The van der Waals surface area contributed by atoms with E-state index in [1.54, 1.807) is 0 Å². The summed E-state index contributed by atoms with van der Waals surface area (Å²) in [6.45, 7) is 1.73. The Morgan fingerprint density at radius 1 is 1.33 bits per heavy atom. The molecule has 3 rings (SSSR count). The predicted molar refractivity (Wildman–Crippen MR) is 72.4 cm³/mol. The molecule has 98 valence electrons. The summed E-state index contributed by atoms with van der Waals surface area (Å²) < 4.78 is 11.1. The first-order valence-corrected chi connectivity index (χ1v) is 7.28. The monoisotopic (exact) mass is 266 g/mol. The number of benzene rings is 1. The van der Waals surface area contributed by atoms with Crippen molar-refractivity contribution in [1.29, 1.82) is 0 Å². The van der Waals surface area contributed by atoms with E-state index in [1.807, 2.05) is 0 Å². The van der Waals surface area contributed by atoms with Crippen molar-refractivity contribution >= 4 is 11.6 Å². The van der Waals surface area contributed by atoms with Gasteiger partial charge < -0.3 is 9.47 Å². The first kappa shape index (κ1) is 12.3. The Hall–Kier alpha value is -0.730. The van der Waals surface area contributed by atoms with E-state index in [-0.39, 0.29) is 5.38 Å². The van der Waals surface area contributed by atoms with E-state index in [0.717, 1.165) is 38.2 Å². The number of hydrogen-bond donors (Lipinski definition) is 0. The zero-order chi connectivity index (χ0) is 12.4. The van der Waals surface area contributed by atoms with E-state index in [0.29, 0.717) is 6.10 Å². The number of fused-ring (bicyclic) bond motifs is 1. The molecule has 1 fully saturated rings. The maximum atomic E-state index is 6.49. The fourth-order valence-electron chi connectivity index (χ4n) is 2.77. The van der Waals surface area contributed by atoms with Crippen LogP contribution in [0.3, 0.4) is 0 Å². The second-order valence-electron chi connectivity index (χ2n) is 5.15. The Bertz CT molecular complexity index is 413. The third kappa shape index (κ3) is 2.65. The molecular formula is C15H19ClO2. The SMILES string of the molecule is ClC(CCC1CCCO1)c1ccc2c(c1)CCO2. The molecule has 0 radical (unpaired) electrons. The zero-order valence-electron chi connectivity index (χ0n) is 10.5. The van der Waals surface area contributed by atoms with Gasteiger partial charge in [0.05, 0.1) is 18.1 Å². The molecule has 2 aliphatic heterocycles. The topological polar surface area (TPSA) is 18.5 Å². The normalized spacial score (nSPS) is 23.7. The van der Waals surface area contributed by atoms with Gasteiger partial charge >= 0.3 is 0 Å². The van der Waals surface area contributed by atoms with E-state index in [4.69, 9.17) is 21.1 Å². The van der Waals surface area contributed by atoms with Gasteiger partial charge in [0.1, 0.15) is 5.75 Å². The third-order valence-corrected chi connectivity index (χ3v) is 4.31. The van der Waals surface area contributed by atoms with Crippen LogP contribution < -0.4 is 4.74 Å². The Labute approximate surface area is 113 Å². The minimum Gasteiger partial charge on any atom is -0.493 e. The summed E-state index contributed by atoms with van der Waals surface area (Å²) in [5, 5.41) is 0.0973. The summed E-state index contributed by atoms with van der Waals surface area (Å²) >= 11 is 6.49. The van der Waals surface area contributed by atoms with Crippen molar-refractivity contribution in [2.45, 2.75) is 43.6 Å². The van der Waals surface area contributed by atoms with Crippen LogP contribution in [0.25, 0.3) is 0 Å². The van der Waals surface area contributed by atoms with Gasteiger partial charge in [-0.2, -0.15) is 0 Å². The predicted octanol–water partition coefficient (Wildman–Crippen LogP) is 3.86. The second kappa shape index (κ2) is 5.50. The highest BCUT2D eigenvalue weighted by Crippen LogP contribution is 2.33. The van der Waals surface area contributed by atoms with E-state index >= 15 is 0 Å². The highest BCUT2D eigenvalue weighted by Gasteiger charge is 2.19. The van der Waals surface area contributed by atoms with Crippen LogP contribution in [0.15, 0.2) is 18.2 Å². The van der Waals surface area contributed by atoms with Gasteiger partial charge in [-0.1, -0.05) is 12.1 Å². The van der Waals surface area contributed by atoms with Crippen LogP contribution >= 0.6 is 11.6 Å². The molecule has 1 aromatic carbocycles. The smallest absolute Gasteiger partial charge is 0.122 e. The van der Waals surface area contributed by atoms with Crippen molar-refractivity contribution in [3.63, 3.8) is 0 Å². The number of halogens is 1. The molecule has 2 aliphatic rings. The van der Waals surface area contributed by atoms with Crippen LogP contribution in [0.2, 0.25) is 0 Å². The van der Waals surface area contributed by atoms with Gasteiger partial charge in [0.25, 0.3) is 0 Å². The van der Waals surface area contributed by atoms with Gasteiger partial charge in [0, 0.05) is 13.0 Å². The minimum atomic E-state index is 0.0973. The van der Waals surface area contributed by atoms with Gasteiger partial charge in [-0.25, -0.2) is 0 Å². The number of rotatable bonds is 4. The molecule has 2 unspecified atom stereocenters. The Morgan fingerprint density at radius 3 is 3.11 bits per heavy atom. The molecule has 0 aliphatic carbocycles. The Balaban J connectivity index is 1.59. The molecule has 0 bridgehead atoms. The van der Waals surface area contributed by atoms with Crippen LogP contribution in [-0.2, 0) is 11.2 Å². The van der Waals surface area contributed by atoms with E-state index < -0.39 is 0 Å². The van der Waals surface area contributed by atoms with Crippen molar-refractivity contribution in [1.82, 2.24) is 0 Å². The molecule has 0 spiro atoms. The summed E-state index contributed by atoms with van der Waals surface area (Å²) in [7, 11) is 0. The summed E-state index contributed by atoms with van der Waals surface area (Å²) in [5.74, 6) is 1.03. The minimum absolute atomic E-state index is 0.0973. The number of alkyl halides is 1. The molecule has 0 N–H and O–H groups in total. The average Bonchev–Trinajstić information content (AvgIpc) is 3.05. The van der Waals surface area contributed by atoms with Crippen molar-refractivity contribution < 1.29 is 9.47 Å². The van der Waals surface area contributed by atoms with Crippen molar-refractivity contribution in [3.8, 4) is 5.75 Å². The van der Waals surface area contributed by atoms with Crippen molar-refractivity contribution in [2.24, 2.45) is 0 Å². The molecule has 1 saturated heterocycles. The first-order chi connectivity index (χ1) is 8.83. The molecule has 2 heterocycles. The Morgan fingerprint density at radius 2 is 2.28 bits per heavy atom. The van der Waals surface area contributed by atoms with Crippen molar-refractivity contribution in [3.05, 3.63) is 29.3 Å². The molecule has 0 saturated carbocycles. The van der Waals surface area contributed by atoms with Gasteiger partial charge in [-0.15, -0.1) is 11.6 Å². The zero-order valence-corrected chi connectivity index (χ0v) is 11.3. The largest absolute Gasteiger partial charge is 0.493 e. The van der Waals surface area contributed by atoms with E-state index in [9.17, 15) is 0 Å². The second-order valence-corrected chi connectivity index (χ2v) is 5.67. The average molecular weight is 267 g/mol. The van der Waals surface area contributed by atoms with E-state index in [2.05, 4.69) is 18.2 Å². The van der Waals surface area contributed by atoms with Gasteiger partial charge in [-0.3, -0.25) is 0 Å². The number of ether oxygens (including phenoxy) is 2. The van der Waals surface area contributed by atoms with Crippen LogP contribution in [0.5, 0.6) is 5.75 Å². The summed E-state index contributed by atoms with van der Waals surface area (Å²) in [5.41, 5.74) is 2.52. The fraction of sp³-hybridized carbons (Fsp3) is 0.600. The summed E-state index contributed by atoms with van der Waals surface area (Å²) in [4.78, 5) is 0. The quantitative estimate of drug-likeness (QED) is 0.771. The lowest BCUT2D eigenvalue weighted by Gasteiger charge is -2.14. The molecule has 18 heavy (non-hydrogen) atoms. The molecule has 3 heteroatoms. The maximum Gasteiger partial charge on any atom is 0.122 e. The van der Waals surface area contributed by atoms with Crippen LogP contribution in [0.4, 0.5) is 0 Å².